The Hall–Kier alpha value is -0.160. The van der Waals surface area contributed by atoms with Crippen molar-refractivity contribution in [2.45, 2.75) is 38.8 Å². The van der Waals surface area contributed by atoms with Crippen molar-refractivity contribution in [3.05, 3.63) is 0 Å². The number of ether oxygens (including phenoxy) is 1. The van der Waals surface area contributed by atoms with Crippen LogP contribution in [0.4, 0.5) is 0 Å². The number of methoxy groups -OCH3 is 1. The zero-order chi connectivity index (χ0) is 11.9. The maximum Gasteiger partial charge on any atom is 0.0867 e. The van der Waals surface area contributed by atoms with Gasteiger partial charge in [0, 0.05) is 32.8 Å². The molecule has 0 aliphatic carbocycles. The third-order valence-electron chi connectivity index (χ3n) is 2.78. The second-order valence-electron chi connectivity index (χ2n) is 4.42. The number of aliphatic hydroxyl groups is 1. The molecule has 0 fully saturated rings. The molecule has 0 saturated carbocycles. The van der Waals surface area contributed by atoms with Crippen molar-refractivity contribution in [1.29, 1.82) is 0 Å². The molecular weight excluding hydrogens is 192 g/mol. The third-order valence-corrected chi connectivity index (χ3v) is 2.78. The smallest absolute Gasteiger partial charge is 0.0867 e. The molecule has 2 atom stereocenters. The Bertz CT molecular complexity index is 163. The average molecular weight is 218 g/mol. The quantitative estimate of drug-likeness (QED) is 0.621. The summed E-state index contributed by atoms with van der Waals surface area (Å²) in [5.41, 5.74) is 4.71. The standard InChI is InChI=1S/C11H26N2O2/c1-5-10(2)13(6-7-15-4)9-11(3,14)8-12/h10,14H,5-9,12H2,1-4H3. The highest BCUT2D eigenvalue weighted by Gasteiger charge is 2.24. The summed E-state index contributed by atoms with van der Waals surface area (Å²) < 4.78 is 5.06. The van der Waals surface area contributed by atoms with Crippen LogP contribution in [0.1, 0.15) is 27.2 Å². The fraction of sp³-hybridized carbons (Fsp3) is 1.00. The predicted molar refractivity (Wildman–Crippen MR) is 62.9 cm³/mol. The van der Waals surface area contributed by atoms with E-state index in [1.54, 1.807) is 14.0 Å². The molecule has 0 aliphatic heterocycles. The molecule has 0 aliphatic rings. The second kappa shape index (κ2) is 7.17. The Kier molecular flexibility index (Phi) is 7.09. The molecule has 0 aromatic rings. The second-order valence-corrected chi connectivity index (χ2v) is 4.42. The van der Waals surface area contributed by atoms with E-state index < -0.39 is 5.60 Å². The highest BCUT2D eigenvalue weighted by atomic mass is 16.5. The minimum absolute atomic E-state index is 0.285. The fourth-order valence-electron chi connectivity index (χ4n) is 1.42. The first-order valence-electron chi connectivity index (χ1n) is 5.62. The van der Waals surface area contributed by atoms with E-state index in [1.807, 2.05) is 0 Å². The maximum atomic E-state index is 9.93. The maximum absolute atomic E-state index is 9.93. The number of nitrogens with zero attached hydrogens (tertiary/aromatic N) is 1. The highest BCUT2D eigenvalue weighted by Crippen LogP contribution is 2.10. The molecule has 4 nitrogen and oxygen atoms in total. The molecule has 0 saturated heterocycles. The van der Waals surface area contributed by atoms with Crippen LogP contribution >= 0.6 is 0 Å². The van der Waals surface area contributed by atoms with Crippen LogP contribution in [-0.4, -0.2) is 55.0 Å². The Morgan fingerprint density at radius 1 is 1.53 bits per heavy atom. The van der Waals surface area contributed by atoms with Gasteiger partial charge in [0.05, 0.1) is 12.2 Å². The van der Waals surface area contributed by atoms with Crippen LogP contribution in [0.5, 0.6) is 0 Å². The van der Waals surface area contributed by atoms with E-state index in [-0.39, 0.29) is 6.54 Å². The molecule has 0 rings (SSSR count). The van der Waals surface area contributed by atoms with Crippen LogP contribution in [0.25, 0.3) is 0 Å². The van der Waals surface area contributed by atoms with Crippen LogP contribution in [-0.2, 0) is 4.74 Å². The van der Waals surface area contributed by atoms with Gasteiger partial charge in [0.2, 0.25) is 0 Å². The average Bonchev–Trinajstić information content (AvgIpc) is 2.23. The summed E-state index contributed by atoms with van der Waals surface area (Å²) >= 11 is 0. The van der Waals surface area contributed by atoms with E-state index in [1.165, 1.54) is 0 Å². The molecule has 0 aromatic carbocycles. The Morgan fingerprint density at radius 2 is 2.13 bits per heavy atom. The lowest BCUT2D eigenvalue weighted by molar-refractivity contribution is 0.00615. The van der Waals surface area contributed by atoms with Gasteiger partial charge in [-0.15, -0.1) is 0 Å². The first-order valence-corrected chi connectivity index (χ1v) is 5.62. The van der Waals surface area contributed by atoms with E-state index >= 15 is 0 Å². The summed E-state index contributed by atoms with van der Waals surface area (Å²) in [5.74, 6) is 0. The molecule has 2 unspecified atom stereocenters. The van der Waals surface area contributed by atoms with Gasteiger partial charge < -0.3 is 15.6 Å². The van der Waals surface area contributed by atoms with Crippen LogP contribution in [0.3, 0.4) is 0 Å². The molecule has 0 amide bonds. The lowest BCUT2D eigenvalue weighted by atomic mass is 10.1. The van der Waals surface area contributed by atoms with Gasteiger partial charge in [0.15, 0.2) is 0 Å². The number of hydrogen-bond donors (Lipinski definition) is 2. The van der Waals surface area contributed by atoms with Crippen molar-refractivity contribution in [2.75, 3.05) is 33.4 Å². The van der Waals surface area contributed by atoms with E-state index in [2.05, 4.69) is 18.7 Å². The van der Waals surface area contributed by atoms with E-state index in [0.717, 1.165) is 13.0 Å². The van der Waals surface area contributed by atoms with Crippen molar-refractivity contribution < 1.29 is 9.84 Å². The minimum Gasteiger partial charge on any atom is -0.388 e. The van der Waals surface area contributed by atoms with Crippen molar-refractivity contribution in [3.8, 4) is 0 Å². The summed E-state index contributed by atoms with van der Waals surface area (Å²) in [5, 5.41) is 9.93. The lowest BCUT2D eigenvalue weighted by Crippen LogP contribution is -2.49. The predicted octanol–water partition coefficient (Wildman–Crippen LogP) is 0.443. The molecule has 15 heavy (non-hydrogen) atoms. The summed E-state index contributed by atoms with van der Waals surface area (Å²) in [6.07, 6.45) is 1.06. The Labute approximate surface area is 93.4 Å². The molecular formula is C11H26N2O2. The van der Waals surface area contributed by atoms with Crippen LogP contribution in [0, 0.1) is 0 Å². The van der Waals surface area contributed by atoms with Gasteiger partial charge >= 0.3 is 0 Å². The van der Waals surface area contributed by atoms with Crippen molar-refractivity contribution in [1.82, 2.24) is 4.90 Å². The molecule has 0 spiro atoms. The molecule has 92 valence electrons. The number of hydrogen-bond acceptors (Lipinski definition) is 4. The molecule has 0 radical (unpaired) electrons. The van der Waals surface area contributed by atoms with Crippen molar-refractivity contribution in [2.24, 2.45) is 5.73 Å². The summed E-state index contributed by atoms with van der Waals surface area (Å²) in [6, 6.07) is 0.443. The SMILES string of the molecule is CCC(C)N(CCOC)CC(C)(O)CN. The molecule has 3 N–H and O–H groups in total. The van der Waals surface area contributed by atoms with Crippen molar-refractivity contribution >= 4 is 0 Å². The number of rotatable bonds is 8. The monoisotopic (exact) mass is 218 g/mol. The van der Waals surface area contributed by atoms with Gasteiger partial charge in [-0.1, -0.05) is 6.92 Å². The zero-order valence-electron chi connectivity index (χ0n) is 10.5. The largest absolute Gasteiger partial charge is 0.388 e. The number of nitrogens with two attached hydrogens (primary N) is 1. The first kappa shape index (κ1) is 14.8. The van der Waals surface area contributed by atoms with Crippen molar-refractivity contribution in [3.63, 3.8) is 0 Å². The summed E-state index contributed by atoms with van der Waals surface area (Å²) in [4.78, 5) is 2.22. The minimum atomic E-state index is -0.808. The normalized spacial score (nSPS) is 17.8. The van der Waals surface area contributed by atoms with E-state index in [0.29, 0.717) is 19.2 Å². The Morgan fingerprint density at radius 3 is 2.53 bits per heavy atom. The van der Waals surface area contributed by atoms with Gasteiger partial charge in [-0.2, -0.15) is 0 Å². The van der Waals surface area contributed by atoms with E-state index in [4.69, 9.17) is 10.5 Å². The zero-order valence-corrected chi connectivity index (χ0v) is 10.5. The lowest BCUT2D eigenvalue weighted by Gasteiger charge is -2.34. The molecule has 0 bridgehead atoms. The molecule has 0 heterocycles. The molecule has 0 aromatic heterocycles. The van der Waals surface area contributed by atoms with Gasteiger partial charge in [0.1, 0.15) is 0 Å². The van der Waals surface area contributed by atoms with Gasteiger partial charge in [-0.25, -0.2) is 0 Å². The summed E-state index contributed by atoms with van der Waals surface area (Å²) in [6.45, 7) is 8.47. The highest BCUT2D eigenvalue weighted by molar-refractivity contribution is 4.80. The summed E-state index contributed by atoms with van der Waals surface area (Å²) in [7, 11) is 1.69. The van der Waals surface area contributed by atoms with Crippen LogP contribution < -0.4 is 5.73 Å². The topological polar surface area (TPSA) is 58.7 Å². The fourth-order valence-corrected chi connectivity index (χ4v) is 1.42. The van der Waals surface area contributed by atoms with Gasteiger partial charge in [-0.3, -0.25) is 4.90 Å². The van der Waals surface area contributed by atoms with Crippen LogP contribution in [0.2, 0.25) is 0 Å². The first-order chi connectivity index (χ1) is 6.96. The van der Waals surface area contributed by atoms with Gasteiger partial charge in [-0.05, 0) is 20.3 Å². The van der Waals surface area contributed by atoms with E-state index in [9.17, 15) is 5.11 Å². The van der Waals surface area contributed by atoms with Gasteiger partial charge in [0.25, 0.3) is 0 Å². The third kappa shape index (κ3) is 6.10. The van der Waals surface area contributed by atoms with Crippen LogP contribution in [0.15, 0.2) is 0 Å². The Balaban J connectivity index is 4.23. The molecule has 4 heteroatoms.